The Morgan fingerprint density at radius 1 is 1.18 bits per heavy atom. The highest BCUT2D eigenvalue weighted by atomic mass is 32.1. The summed E-state index contributed by atoms with van der Waals surface area (Å²) < 4.78 is 16.1. The van der Waals surface area contributed by atoms with Crippen molar-refractivity contribution in [2.75, 3.05) is 11.1 Å². The van der Waals surface area contributed by atoms with Crippen molar-refractivity contribution in [1.82, 2.24) is 24.8 Å². The highest BCUT2D eigenvalue weighted by molar-refractivity contribution is 7.19. The Kier molecular flexibility index (Phi) is 6.57. The number of pyridine rings is 1. The predicted octanol–water partition coefficient (Wildman–Crippen LogP) is 4.67. The molecule has 0 fully saturated rings. The van der Waals surface area contributed by atoms with E-state index in [9.17, 15) is 14.0 Å². The zero-order valence-corrected chi connectivity index (χ0v) is 22.5. The highest BCUT2D eigenvalue weighted by Gasteiger charge is 2.31. The van der Waals surface area contributed by atoms with Gasteiger partial charge in [0.15, 0.2) is 0 Å². The molecule has 0 bridgehead atoms. The van der Waals surface area contributed by atoms with Gasteiger partial charge in [-0.3, -0.25) is 14.2 Å². The van der Waals surface area contributed by atoms with Crippen molar-refractivity contribution in [2.45, 2.75) is 38.4 Å². The molecule has 0 saturated carbocycles. The zero-order valence-electron chi connectivity index (χ0n) is 20.8. The molecule has 1 aliphatic rings. The van der Waals surface area contributed by atoms with Crippen molar-refractivity contribution in [3.05, 3.63) is 86.7 Å². The Morgan fingerprint density at radius 3 is 2.90 bits per heavy atom. The molecule has 4 aromatic heterocycles. The van der Waals surface area contributed by atoms with E-state index >= 15 is 0 Å². The Balaban J connectivity index is 1.16. The SMILES string of the molecule is C[C@@H](Nc1cnc2n(c1=O)[C@H](C(=O)NCc1cc3cnc(N)cc3s1)CC2)c1cnc(-c2cccc(F)c2)s1. The maximum Gasteiger partial charge on any atom is 0.277 e. The topological polar surface area (TPSA) is 128 Å². The minimum Gasteiger partial charge on any atom is -0.384 e. The molecule has 9 nitrogen and oxygen atoms in total. The second-order valence-electron chi connectivity index (χ2n) is 9.34. The van der Waals surface area contributed by atoms with Gasteiger partial charge in [-0.2, -0.15) is 0 Å². The summed E-state index contributed by atoms with van der Waals surface area (Å²) in [6.07, 6.45) is 6.01. The summed E-state index contributed by atoms with van der Waals surface area (Å²) in [6.45, 7) is 2.26. The summed E-state index contributed by atoms with van der Waals surface area (Å²) in [4.78, 5) is 41.4. The fourth-order valence-electron chi connectivity index (χ4n) is 4.68. The molecule has 39 heavy (non-hydrogen) atoms. The quantitative estimate of drug-likeness (QED) is 0.263. The minimum absolute atomic E-state index is 0.222. The molecule has 12 heteroatoms. The monoisotopic (exact) mass is 561 g/mol. The number of nitrogens with zero attached hydrogens (tertiary/aromatic N) is 4. The Hall–Kier alpha value is -4.16. The van der Waals surface area contributed by atoms with E-state index in [0.29, 0.717) is 47.3 Å². The second kappa shape index (κ2) is 10.2. The van der Waals surface area contributed by atoms with Crippen LogP contribution >= 0.6 is 22.7 Å². The summed E-state index contributed by atoms with van der Waals surface area (Å²) in [7, 11) is 0. The third-order valence-corrected chi connectivity index (χ3v) is 8.96. The molecule has 0 spiro atoms. The van der Waals surface area contributed by atoms with Gasteiger partial charge in [-0.25, -0.2) is 19.3 Å². The molecular weight excluding hydrogens is 537 g/mol. The van der Waals surface area contributed by atoms with Crippen LogP contribution < -0.4 is 21.9 Å². The number of halogens is 1. The van der Waals surface area contributed by atoms with Gasteiger partial charge in [0.1, 0.15) is 34.2 Å². The number of amides is 1. The van der Waals surface area contributed by atoms with Crippen LogP contribution in [0.2, 0.25) is 0 Å². The number of aromatic nitrogens is 4. The zero-order chi connectivity index (χ0) is 27.1. The summed E-state index contributed by atoms with van der Waals surface area (Å²) in [6, 6.07) is 9.20. The molecule has 198 valence electrons. The molecule has 0 radical (unpaired) electrons. The second-order valence-corrected chi connectivity index (χ2v) is 11.6. The van der Waals surface area contributed by atoms with E-state index in [2.05, 4.69) is 25.6 Å². The summed E-state index contributed by atoms with van der Waals surface area (Å²) in [5, 5.41) is 7.86. The van der Waals surface area contributed by atoms with Gasteiger partial charge in [0.25, 0.3) is 5.56 Å². The molecule has 1 amide bonds. The van der Waals surface area contributed by atoms with Crippen LogP contribution in [0.3, 0.4) is 0 Å². The van der Waals surface area contributed by atoms with E-state index < -0.39 is 6.04 Å². The Bertz CT molecular complexity index is 1760. The molecule has 0 unspecified atom stereocenters. The van der Waals surface area contributed by atoms with Crippen molar-refractivity contribution in [2.24, 2.45) is 0 Å². The fraction of sp³-hybridized carbons (Fsp3) is 0.222. The van der Waals surface area contributed by atoms with Crippen LogP contribution in [0, 0.1) is 5.82 Å². The van der Waals surface area contributed by atoms with Gasteiger partial charge in [-0.1, -0.05) is 12.1 Å². The molecule has 0 aliphatic carbocycles. The Morgan fingerprint density at radius 2 is 2.05 bits per heavy atom. The summed E-state index contributed by atoms with van der Waals surface area (Å²) in [5.41, 5.74) is 6.49. The van der Waals surface area contributed by atoms with Crippen LogP contribution in [0.5, 0.6) is 0 Å². The van der Waals surface area contributed by atoms with Gasteiger partial charge in [-0.15, -0.1) is 22.7 Å². The number of fused-ring (bicyclic) bond motifs is 2. The number of carbonyl (C=O) groups is 1. The Labute approximate surface area is 230 Å². The van der Waals surface area contributed by atoms with Gasteiger partial charge in [-0.05, 0) is 37.6 Å². The lowest BCUT2D eigenvalue weighted by molar-refractivity contribution is -0.124. The van der Waals surface area contributed by atoms with E-state index in [1.165, 1.54) is 34.2 Å². The number of nitrogens with one attached hydrogen (secondary N) is 2. The normalized spacial score (nSPS) is 15.3. The number of nitrogen functional groups attached to an aromatic ring is 1. The van der Waals surface area contributed by atoms with Crippen molar-refractivity contribution >= 4 is 50.2 Å². The maximum atomic E-state index is 13.6. The van der Waals surface area contributed by atoms with E-state index in [-0.39, 0.29) is 23.3 Å². The van der Waals surface area contributed by atoms with Crippen molar-refractivity contribution in [3.8, 4) is 10.6 Å². The van der Waals surface area contributed by atoms with E-state index in [1.807, 2.05) is 19.1 Å². The van der Waals surface area contributed by atoms with Crippen molar-refractivity contribution in [3.63, 3.8) is 0 Å². The summed E-state index contributed by atoms with van der Waals surface area (Å²) >= 11 is 2.97. The molecule has 6 rings (SSSR count). The number of benzene rings is 1. The first-order valence-corrected chi connectivity index (χ1v) is 14.0. The number of thiophene rings is 1. The lowest BCUT2D eigenvalue weighted by Crippen LogP contribution is -2.36. The molecule has 1 aliphatic heterocycles. The van der Waals surface area contributed by atoms with E-state index in [1.54, 1.807) is 35.9 Å². The lowest BCUT2D eigenvalue weighted by atomic mass is 10.2. The smallest absolute Gasteiger partial charge is 0.277 e. The van der Waals surface area contributed by atoms with Crippen LogP contribution in [0.15, 0.2) is 59.8 Å². The predicted molar refractivity (Wildman–Crippen MR) is 151 cm³/mol. The first-order chi connectivity index (χ1) is 18.9. The number of carbonyl (C=O) groups excluding carboxylic acids is 1. The molecule has 2 atom stereocenters. The maximum absolute atomic E-state index is 13.6. The lowest BCUT2D eigenvalue weighted by Gasteiger charge is -2.17. The number of anilines is 2. The van der Waals surface area contributed by atoms with Gasteiger partial charge in [0, 0.05) is 44.2 Å². The van der Waals surface area contributed by atoms with Crippen LogP contribution in [-0.2, 0) is 17.8 Å². The van der Waals surface area contributed by atoms with Crippen LogP contribution in [0.4, 0.5) is 15.9 Å². The average molecular weight is 562 g/mol. The van der Waals surface area contributed by atoms with Gasteiger partial charge in [0.05, 0.1) is 18.8 Å². The molecule has 1 aromatic carbocycles. The molecular formula is C27H24FN7O2S2. The highest BCUT2D eigenvalue weighted by Crippen LogP contribution is 2.31. The largest absolute Gasteiger partial charge is 0.384 e. The number of hydrogen-bond acceptors (Lipinski definition) is 9. The standard InChI is InChI=1S/C27H24FN7O2S2/c1-14(22-13-33-26(39-22)15-3-2-4-17(28)7-15)34-19-12-31-24-6-5-20(35(24)27(19)37)25(36)32-11-18-8-16-10-30-23(29)9-21(16)38-18/h2-4,7-10,12-14,20,34H,5-6,11H2,1H3,(H2,29,30)(H,32,36)/t14-,20+/m1/s1. The number of rotatable bonds is 7. The van der Waals surface area contributed by atoms with Gasteiger partial charge < -0.3 is 16.4 Å². The van der Waals surface area contributed by atoms with Gasteiger partial charge in [0.2, 0.25) is 5.91 Å². The number of aryl methyl sites for hydroxylation is 1. The average Bonchev–Trinajstić information content (AvgIpc) is 3.67. The van der Waals surface area contributed by atoms with Crippen LogP contribution in [-0.4, -0.2) is 25.4 Å². The third kappa shape index (κ3) is 5.00. The molecule has 0 saturated heterocycles. The van der Waals surface area contributed by atoms with Crippen molar-refractivity contribution < 1.29 is 9.18 Å². The number of hydrogen-bond donors (Lipinski definition) is 3. The first-order valence-electron chi connectivity index (χ1n) is 12.4. The molecule has 4 N–H and O–H groups in total. The summed E-state index contributed by atoms with van der Waals surface area (Å²) in [5.74, 6) is 0.501. The number of nitrogens with two attached hydrogens (primary N) is 1. The van der Waals surface area contributed by atoms with Crippen LogP contribution in [0.25, 0.3) is 20.7 Å². The molecule has 5 aromatic rings. The van der Waals surface area contributed by atoms with Gasteiger partial charge >= 0.3 is 0 Å². The molecule has 5 heterocycles. The van der Waals surface area contributed by atoms with Crippen molar-refractivity contribution in [1.29, 1.82) is 0 Å². The number of thiazole rings is 1. The third-order valence-electron chi connectivity index (χ3n) is 6.63. The van der Waals surface area contributed by atoms with E-state index in [0.717, 1.165) is 19.8 Å². The minimum atomic E-state index is -0.633. The fourth-order valence-corrected chi connectivity index (χ4v) is 6.62. The first kappa shape index (κ1) is 25.1. The van der Waals surface area contributed by atoms with E-state index in [4.69, 9.17) is 5.73 Å². The van der Waals surface area contributed by atoms with Crippen LogP contribution in [0.1, 0.15) is 41.0 Å².